The Morgan fingerprint density at radius 3 is 2.46 bits per heavy atom. The topological polar surface area (TPSA) is 104 Å². The third-order valence-corrected chi connectivity index (χ3v) is 7.76. The lowest BCUT2D eigenvalue weighted by atomic mass is 10.1. The highest BCUT2D eigenvalue weighted by molar-refractivity contribution is 7.16. The van der Waals surface area contributed by atoms with Crippen LogP contribution in [0.3, 0.4) is 0 Å². The molecule has 35 heavy (non-hydrogen) atoms. The number of hydrazone groups is 1. The summed E-state index contributed by atoms with van der Waals surface area (Å²) in [5, 5.41) is 20.2. The van der Waals surface area contributed by atoms with Gasteiger partial charge in [0, 0.05) is 24.3 Å². The second kappa shape index (κ2) is 11.0. The van der Waals surface area contributed by atoms with Gasteiger partial charge in [-0.25, -0.2) is 5.43 Å². The molecule has 7 nitrogen and oxygen atoms in total. The van der Waals surface area contributed by atoms with Crippen LogP contribution < -0.4 is 10.7 Å². The van der Waals surface area contributed by atoms with Gasteiger partial charge in [-0.05, 0) is 54.4 Å². The third-order valence-electron chi connectivity index (χ3n) is 4.92. The van der Waals surface area contributed by atoms with Crippen molar-refractivity contribution in [3.63, 3.8) is 0 Å². The van der Waals surface area contributed by atoms with Gasteiger partial charge in [-0.15, -0.1) is 22.7 Å². The van der Waals surface area contributed by atoms with Crippen molar-refractivity contribution in [2.75, 3.05) is 0 Å². The van der Waals surface area contributed by atoms with Crippen molar-refractivity contribution >= 4 is 63.4 Å². The van der Waals surface area contributed by atoms with Crippen molar-refractivity contribution < 1.29 is 14.7 Å². The molecule has 0 saturated carbocycles. The van der Waals surface area contributed by atoms with Crippen LogP contribution in [0.4, 0.5) is 0 Å². The highest BCUT2D eigenvalue weighted by Gasteiger charge is 2.17. The van der Waals surface area contributed by atoms with Gasteiger partial charge in [0.15, 0.2) is 0 Å². The fourth-order valence-electron chi connectivity index (χ4n) is 3.05. The molecule has 0 atom stereocenters. The average Bonchev–Trinajstić information content (AvgIpc) is 3.51. The highest BCUT2D eigenvalue weighted by Crippen LogP contribution is 2.40. The van der Waals surface area contributed by atoms with E-state index in [2.05, 4.69) is 20.8 Å². The number of pyridine rings is 1. The molecule has 0 aliphatic heterocycles. The minimum Gasteiger partial charge on any atom is -0.506 e. The smallest absolute Gasteiger partial charge is 0.281 e. The van der Waals surface area contributed by atoms with Gasteiger partial charge in [-0.2, -0.15) is 5.10 Å². The van der Waals surface area contributed by atoms with E-state index in [0.717, 1.165) is 22.5 Å². The zero-order valence-corrected chi connectivity index (χ0v) is 21.4. The fourth-order valence-corrected chi connectivity index (χ4v) is 5.17. The Kier molecular flexibility index (Phi) is 7.82. The Balaban J connectivity index is 1.40. The van der Waals surface area contributed by atoms with Crippen LogP contribution in [0.1, 0.15) is 37.4 Å². The lowest BCUT2D eigenvalue weighted by molar-refractivity contribution is 0.0950. The summed E-state index contributed by atoms with van der Waals surface area (Å²) < 4.78 is 0. The molecule has 0 unspecified atom stereocenters. The van der Waals surface area contributed by atoms with Crippen LogP contribution in [0.2, 0.25) is 10.0 Å². The third kappa shape index (κ3) is 5.88. The summed E-state index contributed by atoms with van der Waals surface area (Å²) in [4.78, 5) is 30.2. The molecule has 0 aliphatic rings. The maximum absolute atomic E-state index is 12.5. The van der Waals surface area contributed by atoms with E-state index in [-0.39, 0.29) is 11.7 Å². The Labute approximate surface area is 219 Å². The van der Waals surface area contributed by atoms with Gasteiger partial charge in [-0.3, -0.25) is 14.6 Å². The number of carbonyl (C=O) groups excluding carboxylic acids is 2. The van der Waals surface area contributed by atoms with E-state index in [4.69, 9.17) is 23.2 Å². The van der Waals surface area contributed by atoms with E-state index in [1.54, 1.807) is 55.0 Å². The molecule has 3 N–H and O–H groups in total. The van der Waals surface area contributed by atoms with Crippen LogP contribution in [0.25, 0.3) is 10.4 Å². The molecule has 178 valence electrons. The molecule has 0 spiro atoms. The normalized spacial score (nSPS) is 11.3. The van der Waals surface area contributed by atoms with Crippen molar-refractivity contribution in [3.8, 4) is 16.2 Å². The molecule has 0 aliphatic carbocycles. The van der Waals surface area contributed by atoms with Gasteiger partial charge >= 0.3 is 0 Å². The first kappa shape index (κ1) is 24.9. The maximum Gasteiger partial charge on any atom is 0.281 e. The SMILES string of the molecule is C/C(=N\NC(=O)c1ccc(C(=O)NCc2ccncc2)s1)c1csc(-c2ccc(Cl)c(Cl)c2)c1O. The minimum absolute atomic E-state index is 0.0353. The molecule has 3 aromatic heterocycles. The second-order valence-corrected chi connectivity index (χ2v) is 10.1. The molecule has 0 fully saturated rings. The number of aromatic hydroxyl groups is 1. The molecule has 4 rings (SSSR count). The number of nitrogens with zero attached hydrogens (tertiary/aromatic N) is 2. The van der Waals surface area contributed by atoms with Crippen LogP contribution in [-0.2, 0) is 6.54 Å². The molecular weight excluding hydrogens is 527 g/mol. The highest BCUT2D eigenvalue weighted by atomic mass is 35.5. The largest absolute Gasteiger partial charge is 0.506 e. The van der Waals surface area contributed by atoms with Crippen LogP contribution >= 0.6 is 45.9 Å². The molecule has 11 heteroatoms. The average molecular weight is 545 g/mol. The lowest BCUT2D eigenvalue weighted by Gasteiger charge is -2.04. The first-order chi connectivity index (χ1) is 16.8. The number of amides is 2. The Hall–Kier alpha value is -3.24. The van der Waals surface area contributed by atoms with E-state index < -0.39 is 5.91 Å². The molecule has 2 amide bonds. The van der Waals surface area contributed by atoms with Gasteiger partial charge in [0.25, 0.3) is 11.8 Å². The predicted molar refractivity (Wildman–Crippen MR) is 141 cm³/mol. The quantitative estimate of drug-likeness (QED) is 0.197. The zero-order valence-electron chi connectivity index (χ0n) is 18.2. The van der Waals surface area contributed by atoms with E-state index in [1.165, 1.54) is 11.3 Å². The Morgan fingerprint density at radius 2 is 1.74 bits per heavy atom. The number of carbonyl (C=O) groups is 2. The van der Waals surface area contributed by atoms with Gasteiger partial charge in [0.2, 0.25) is 0 Å². The summed E-state index contributed by atoms with van der Waals surface area (Å²) in [6, 6.07) is 11.9. The molecular formula is C24H18Cl2N4O3S2. The van der Waals surface area contributed by atoms with E-state index in [1.807, 2.05) is 12.1 Å². The standard InChI is InChI=1S/C24H18Cl2N4O3S2/c1-13(16-12-34-22(21(16)31)15-2-3-17(25)18(26)10-15)29-30-24(33)20-5-4-19(35-20)23(32)28-11-14-6-8-27-9-7-14/h2-10,12,31H,11H2,1H3,(H,28,32)(H,30,33)/b29-13+. The summed E-state index contributed by atoms with van der Waals surface area (Å²) in [6.45, 7) is 2.03. The van der Waals surface area contributed by atoms with Crippen LogP contribution in [0, 0.1) is 0 Å². The monoisotopic (exact) mass is 544 g/mol. The van der Waals surface area contributed by atoms with Gasteiger partial charge in [-0.1, -0.05) is 29.3 Å². The number of hydrogen-bond acceptors (Lipinski definition) is 7. The van der Waals surface area contributed by atoms with Crippen molar-refractivity contribution in [1.29, 1.82) is 0 Å². The number of halogens is 2. The summed E-state index contributed by atoms with van der Waals surface area (Å²) in [7, 11) is 0. The van der Waals surface area contributed by atoms with Crippen molar-refractivity contribution in [3.05, 3.63) is 91.2 Å². The van der Waals surface area contributed by atoms with Gasteiger partial charge in [0.05, 0.1) is 36.0 Å². The molecule has 0 radical (unpaired) electrons. The summed E-state index contributed by atoms with van der Waals surface area (Å²) in [6.07, 6.45) is 3.31. The van der Waals surface area contributed by atoms with Crippen molar-refractivity contribution in [2.45, 2.75) is 13.5 Å². The predicted octanol–water partition coefficient (Wildman–Crippen LogP) is 5.97. The number of hydrogen-bond donors (Lipinski definition) is 3. The number of aromatic nitrogens is 1. The Morgan fingerprint density at radius 1 is 1.03 bits per heavy atom. The summed E-state index contributed by atoms with van der Waals surface area (Å²) in [5.41, 5.74) is 5.03. The minimum atomic E-state index is -0.457. The van der Waals surface area contributed by atoms with Crippen molar-refractivity contribution in [2.24, 2.45) is 5.10 Å². The van der Waals surface area contributed by atoms with Crippen LogP contribution in [0.15, 0.2) is 65.3 Å². The molecule has 4 aromatic rings. The van der Waals surface area contributed by atoms with E-state index >= 15 is 0 Å². The van der Waals surface area contributed by atoms with Gasteiger partial charge < -0.3 is 10.4 Å². The summed E-state index contributed by atoms with van der Waals surface area (Å²) >= 11 is 14.4. The number of thiophene rings is 2. The zero-order chi connectivity index (χ0) is 24.9. The second-order valence-electron chi connectivity index (χ2n) is 7.30. The first-order valence-corrected chi connectivity index (χ1v) is 12.7. The molecule has 0 saturated heterocycles. The molecule has 1 aromatic carbocycles. The summed E-state index contributed by atoms with van der Waals surface area (Å²) in [5.74, 6) is -0.696. The fraction of sp³-hybridized carbons (Fsp3) is 0.0833. The maximum atomic E-state index is 12.5. The van der Waals surface area contributed by atoms with E-state index in [0.29, 0.717) is 42.5 Å². The number of rotatable bonds is 7. The van der Waals surface area contributed by atoms with E-state index in [9.17, 15) is 14.7 Å². The van der Waals surface area contributed by atoms with Crippen molar-refractivity contribution in [1.82, 2.24) is 15.7 Å². The lowest BCUT2D eigenvalue weighted by Crippen LogP contribution is -2.21. The first-order valence-electron chi connectivity index (χ1n) is 10.2. The Bertz CT molecular complexity index is 1420. The number of nitrogens with one attached hydrogen (secondary N) is 2. The van der Waals surface area contributed by atoms with Crippen LogP contribution in [0.5, 0.6) is 5.75 Å². The number of benzene rings is 1. The molecule has 0 bridgehead atoms. The van der Waals surface area contributed by atoms with Gasteiger partial charge in [0.1, 0.15) is 5.75 Å². The van der Waals surface area contributed by atoms with Crippen LogP contribution in [-0.4, -0.2) is 27.6 Å². The molecule has 3 heterocycles.